The van der Waals surface area contributed by atoms with Gasteiger partial charge < -0.3 is 14.2 Å². The molecule has 0 fully saturated rings. The molecular formula is C32H30O3. The van der Waals surface area contributed by atoms with Gasteiger partial charge in [-0.25, -0.2) is 0 Å². The minimum atomic E-state index is 0.399. The molecule has 0 amide bonds. The van der Waals surface area contributed by atoms with Crippen LogP contribution in [-0.4, -0.2) is 0 Å². The number of fused-ring (bicyclic) bond motifs is 2. The van der Waals surface area contributed by atoms with Crippen molar-refractivity contribution >= 4 is 0 Å². The Hall–Kier alpha value is -3.72. The Balaban J connectivity index is 1.46. The van der Waals surface area contributed by atoms with Crippen molar-refractivity contribution in [3.05, 3.63) is 83.9 Å². The first-order valence-electron chi connectivity index (χ1n) is 12.7. The fourth-order valence-electron chi connectivity index (χ4n) is 5.00. The summed E-state index contributed by atoms with van der Waals surface area (Å²) < 4.78 is 18.6. The van der Waals surface area contributed by atoms with E-state index in [1.807, 2.05) is 12.1 Å². The zero-order valence-electron chi connectivity index (χ0n) is 20.7. The van der Waals surface area contributed by atoms with Crippen LogP contribution in [0.3, 0.4) is 0 Å². The largest absolute Gasteiger partial charge is 0.449 e. The van der Waals surface area contributed by atoms with Crippen molar-refractivity contribution in [3.63, 3.8) is 0 Å². The number of hydrogen-bond donors (Lipinski definition) is 0. The zero-order valence-corrected chi connectivity index (χ0v) is 20.7. The maximum absolute atomic E-state index is 6.56. The molecule has 2 aliphatic rings. The molecule has 6 rings (SSSR count). The molecule has 4 aromatic carbocycles. The Morgan fingerprint density at radius 3 is 1.37 bits per heavy atom. The van der Waals surface area contributed by atoms with Crippen molar-refractivity contribution in [3.8, 4) is 56.8 Å². The van der Waals surface area contributed by atoms with E-state index in [1.54, 1.807) is 0 Å². The van der Waals surface area contributed by atoms with Gasteiger partial charge in [-0.1, -0.05) is 88.4 Å². The maximum atomic E-state index is 6.56. The molecule has 0 N–H and O–H groups in total. The SMILES string of the molecule is CCC(C)c1c(-c2ccccc2)cc(Oc2cc(-c3ccccc3)c(C(C)CC)c3c2O3)c2c1O2. The highest BCUT2D eigenvalue weighted by molar-refractivity contribution is 5.84. The maximum Gasteiger partial charge on any atom is 0.212 e. The molecular weight excluding hydrogens is 432 g/mol. The van der Waals surface area contributed by atoms with Crippen molar-refractivity contribution in [1.29, 1.82) is 0 Å². The molecule has 3 nitrogen and oxygen atoms in total. The normalized spacial score (nSPS) is 14.2. The zero-order chi connectivity index (χ0) is 24.1. The van der Waals surface area contributed by atoms with Gasteiger partial charge >= 0.3 is 0 Å². The number of benzene rings is 4. The lowest BCUT2D eigenvalue weighted by atomic mass is 9.89. The fourth-order valence-corrected chi connectivity index (χ4v) is 5.00. The molecule has 2 aliphatic heterocycles. The number of hydrogen-bond acceptors (Lipinski definition) is 3. The second-order valence-corrected chi connectivity index (χ2v) is 9.65. The summed E-state index contributed by atoms with van der Waals surface area (Å²) in [4.78, 5) is 0. The van der Waals surface area contributed by atoms with Crippen molar-refractivity contribution < 1.29 is 14.2 Å². The summed E-state index contributed by atoms with van der Waals surface area (Å²) >= 11 is 0. The molecule has 4 aromatic rings. The predicted octanol–water partition coefficient (Wildman–Crippen LogP) is 10.1. The lowest BCUT2D eigenvalue weighted by molar-refractivity contribution is 0.462. The van der Waals surface area contributed by atoms with Crippen molar-refractivity contribution in [2.45, 2.75) is 52.4 Å². The molecule has 0 radical (unpaired) electrons. The molecule has 2 atom stereocenters. The van der Waals surface area contributed by atoms with Crippen LogP contribution in [0.1, 0.15) is 63.5 Å². The first-order valence-corrected chi connectivity index (χ1v) is 12.7. The van der Waals surface area contributed by atoms with Gasteiger partial charge in [-0.15, -0.1) is 0 Å². The highest BCUT2D eigenvalue weighted by Gasteiger charge is 2.38. The highest BCUT2D eigenvalue weighted by Crippen LogP contribution is 2.64. The standard InChI is InChI=1S/C32H30O3/c1-5-19(3)27-23(21-13-9-7-10-14-21)17-25(29-31(27)34-29)33-26-18-24(22-15-11-8-12-16-22)28(20(4)6-2)32-30(26)35-32/h7-20H,5-6H2,1-4H3. The van der Waals surface area contributed by atoms with E-state index >= 15 is 0 Å². The molecule has 0 spiro atoms. The van der Waals surface area contributed by atoms with Gasteiger partial charge in [-0.05, 0) is 59.1 Å². The molecule has 176 valence electrons. The van der Waals surface area contributed by atoms with Gasteiger partial charge in [0.2, 0.25) is 11.5 Å². The minimum absolute atomic E-state index is 0.399. The Morgan fingerprint density at radius 1 is 0.600 bits per heavy atom. The van der Waals surface area contributed by atoms with E-state index in [-0.39, 0.29) is 0 Å². The average Bonchev–Trinajstić information content (AvgIpc) is 3.83. The third kappa shape index (κ3) is 3.76. The van der Waals surface area contributed by atoms with Crippen molar-refractivity contribution in [2.24, 2.45) is 0 Å². The van der Waals surface area contributed by atoms with E-state index in [0.29, 0.717) is 11.8 Å². The summed E-state index contributed by atoms with van der Waals surface area (Å²) in [5.74, 6) is 5.93. The Kier molecular flexibility index (Phi) is 5.29. The number of rotatable bonds is 8. The molecule has 35 heavy (non-hydrogen) atoms. The summed E-state index contributed by atoms with van der Waals surface area (Å²) in [7, 11) is 0. The van der Waals surface area contributed by atoms with E-state index in [4.69, 9.17) is 14.2 Å². The topological polar surface area (TPSA) is 34.3 Å². The molecule has 3 heteroatoms. The second kappa shape index (κ2) is 8.49. The van der Waals surface area contributed by atoms with E-state index in [1.165, 1.54) is 33.4 Å². The van der Waals surface area contributed by atoms with E-state index in [9.17, 15) is 0 Å². The van der Waals surface area contributed by atoms with Gasteiger partial charge in [-0.2, -0.15) is 0 Å². The quantitative estimate of drug-likeness (QED) is 0.211. The number of ether oxygens (including phenoxy) is 3. The fraction of sp³-hybridized carbons (Fsp3) is 0.250. The van der Waals surface area contributed by atoms with Gasteiger partial charge in [0.1, 0.15) is 0 Å². The van der Waals surface area contributed by atoms with E-state index in [0.717, 1.165) is 47.3 Å². The minimum Gasteiger partial charge on any atom is -0.449 e. The van der Waals surface area contributed by atoms with Crippen molar-refractivity contribution in [1.82, 2.24) is 0 Å². The molecule has 2 heterocycles. The van der Waals surface area contributed by atoms with E-state index < -0.39 is 0 Å². The predicted molar refractivity (Wildman–Crippen MR) is 141 cm³/mol. The first-order chi connectivity index (χ1) is 17.1. The molecule has 0 saturated heterocycles. The Bertz CT molecular complexity index is 1300. The van der Waals surface area contributed by atoms with Gasteiger partial charge in [0.05, 0.1) is 0 Å². The summed E-state index contributed by atoms with van der Waals surface area (Å²) in [6.07, 6.45) is 2.10. The summed E-state index contributed by atoms with van der Waals surface area (Å²) in [5.41, 5.74) is 7.24. The monoisotopic (exact) mass is 462 g/mol. The van der Waals surface area contributed by atoms with Crippen LogP contribution >= 0.6 is 0 Å². The Labute approximate surface area is 207 Å². The van der Waals surface area contributed by atoms with Crippen LogP contribution in [-0.2, 0) is 0 Å². The van der Waals surface area contributed by atoms with Crippen LogP contribution in [0, 0.1) is 0 Å². The molecule has 0 aliphatic carbocycles. The first kappa shape index (κ1) is 21.8. The van der Waals surface area contributed by atoms with Crippen LogP contribution in [0.4, 0.5) is 0 Å². The van der Waals surface area contributed by atoms with Gasteiger partial charge in [0.25, 0.3) is 0 Å². The van der Waals surface area contributed by atoms with Crippen LogP contribution in [0.15, 0.2) is 72.8 Å². The van der Waals surface area contributed by atoms with Crippen LogP contribution in [0.25, 0.3) is 22.3 Å². The molecule has 0 saturated carbocycles. The third-order valence-corrected chi connectivity index (χ3v) is 7.41. The average molecular weight is 463 g/mol. The van der Waals surface area contributed by atoms with Crippen LogP contribution in [0.5, 0.6) is 34.5 Å². The lowest BCUT2D eigenvalue weighted by Crippen LogP contribution is -1.95. The summed E-state index contributed by atoms with van der Waals surface area (Å²) in [6, 6.07) is 25.3. The second-order valence-electron chi connectivity index (χ2n) is 9.65. The van der Waals surface area contributed by atoms with E-state index in [2.05, 4.69) is 88.4 Å². The highest BCUT2D eigenvalue weighted by atomic mass is 16.6. The van der Waals surface area contributed by atoms with Crippen LogP contribution in [0.2, 0.25) is 0 Å². The lowest BCUT2D eigenvalue weighted by Gasteiger charge is -2.15. The van der Waals surface area contributed by atoms with Crippen molar-refractivity contribution in [2.75, 3.05) is 0 Å². The third-order valence-electron chi connectivity index (χ3n) is 7.41. The summed E-state index contributed by atoms with van der Waals surface area (Å²) in [5, 5.41) is 0. The Morgan fingerprint density at radius 2 is 1.00 bits per heavy atom. The van der Waals surface area contributed by atoms with Gasteiger partial charge in [0.15, 0.2) is 23.0 Å². The molecule has 2 unspecified atom stereocenters. The summed E-state index contributed by atoms with van der Waals surface area (Å²) in [6.45, 7) is 8.96. The van der Waals surface area contributed by atoms with Crippen LogP contribution < -0.4 is 14.2 Å². The van der Waals surface area contributed by atoms with Gasteiger partial charge in [-0.3, -0.25) is 0 Å². The smallest absolute Gasteiger partial charge is 0.212 e. The van der Waals surface area contributed by atoms with Gasteiger partial charge in [0, 0.05) is 11.1 Å². The molecule has 0 bridgehead atoms. The molecule has 0 aromatic heterocycles.